The minimum Gasteiger partial charge on any atom is -0.340 e. The van der Waals surface area contributed by atoms with Gasteiger partial charge >= 0.3 is 0 Å². The second-order valence-corrected chi connectivity index (χ2v) is 6.47. The molecule has 134 valence electrons. The van der Waals surface area contributed by atoms with Gasteiger partial charge in [-0.3, -0.25) is 14.4 Å². The molecule has 0 fully saturated rings. The lowest BCUT2D eigenvalue weighted by atomic mass is 10.1. The highest BCUT2D eigenvalue weighted by atomic mass is 35.5. The van der Waals surface area contributed by atoms with Gasteiger partial charge in [-0.05, 0) is 43.2 Å². The van der Waals surface area contributed by atoms with Crippen molar-refractivity contribution in [2.75, 3.05) is 10.6 Å². The maximum atomic E-state index is 12.3. The Bertz CT molecular complexity index is 882. The Labute approximate surface area is 155 Å². The maximum absolute atomic E-state index is 12.3. The number of anilines is 2. The largest absolute Gasteiger partial charge is 0.340 e. The fourth-order valence-electron chi connectivity index (χ4n) is 2.75. The van der Waals surface area contributed by atoms with E-state index in [1.165, 1.54) is 0 Å². The van der Waals surface area contributed by atoms with Gasteiger partial charge in [0.2, 0.25) is 11.8 Å². The van der Waals surface area contributed by atoms with E-state index < -0.39 is 6.04 Å². The second-order valence-electron chi connectivity index (χ2n) is 6.06. The summed E-state index contributed by atoms with van der Waals surface area (Å²) in [6, 6.07) is 11.3. The van der Waals surface area contributed by atoms with Crippen molar-refractivity contribution in [2.45, 2.75) is 25.8 Å². The van der Waals surface area contributed by atoms with E-state index in [-0.39, 0.29) is 30.6 Å². The van der Waals surface area contributed by atoms with Gasteiger partial charge in [-0.2, -0.15) is 0 Å². The molecule has 0 bridgehead atoms. The summed E-state index contributed by atoms with van der Waals surface area (Å²) in [6.45, 7) is 1.81. The predicted octanol–water partition coefficient (Wildman–Crippen LogP) is 3.12. The highest BCUT2D eigenvalue weighted by molar-refractivity contribution is 6.31. The normalized spacial score (nSPS) is 16.2. The van der Waals surface area contributed by atoms with E-state index in [2.05, 4.69) is 16.0 Å². The summed E-state index contributed by atoms with van der Waals surface area (Å²) >= 11 is 6.04. The van der Waals surface area contributed by atoms with Gasteiger partial charge in [0.05, 0.1) is 11.3 Å². The maximum Gasteiger partial charge on any atom is 0.254 e. The zero-order valence-electron chi connectivity index (χ0n) is 14.1. The highest BCUT2D eigenvalue weighted by Gasteiger charge is 2.27. The lowest BCUT2D eigenvalue weighted by Gasteiger charge is -2.15. The molecular weight excluding hydrogens is 354 g/mol. The van der Waals surface area contributed by atoms with Crippen LogP contribution in [0.1, 0.15) is 28.8 Å². The van der Waals surface area contributed by atoms with E-state index in [4.69, 9.17) is 11.6 Å². The topological polar surface area (TPSA) is 87.3 Å². The van der Waals surface area contributed by atoms with Crippen molar-refractivity contribution in [3.63, 3.8) is 0 Å². The standard InChI is InChI=1S/C19H18ClN3O3/c1-11-13(20)6-4-8-14(11)21-17(24)10-9-16-19(26)22-15-7-3-2-5-12(15)18(25)23-16/h2-8,16H,9-10H2,1H3,(H,21,24)(H,22,26)(H,23,25). The van der Waals surface area contributed by atoms with Crippen molar-refractivity contribution < 1.29 is 14.4 Å². The van der Waals surface area contributed by atoms with E-state index in [1.807, 2.05) is 6.92 Å². The first kappa shape index (κ1) is 17.9. The molecule has 2 aromatic carbocycles. The Balaban J connectivity index is 1.63. The van der Waals surface area contributed by atoms with E-state index in [1.54, 1.807) is 42.5 Å². The number of halogens is 1. The Morgan fingerprint density at radius 2 is 1.92 bits per heavy atom. The van der Waals surface area contributed by atoms with Crippen LogP contribution in [-0.2, 0) is 9.59 Å². The molecule has 1 unspecified atom stereocenters. The summed E-state index contributed by atoms with van der Waals surface area (Å²) in [4.78, 5) is 36.8. The summed E-state index contributed by atoms with van der Waals surface area (Å²) in [6.07, 6.45) is 0.275. The molecule has 1 aliphatic heterocycles. The Morgan fingerprint density at radius 1 is 1.15 bits per heavy atom. The summed E-state index contributed by atoms with van der Waals surface area (Å²) in [5.41, 5.74) is 2.28. The van der Waals surface area contributed by atoms with Gasteiger partial charge in [0.15, 0.2) is 0 Å². The van der Waals surface area contributed by atoms with Crippen molar-refractivity contribution in [1.82, 2.24) is 5.32 Å². The quantitative estimate of drug-likeness (QED) is 0.771. The number of amides is 3. The summed E-state index contributed by atoms with van der Waals surface area (Å²) in [5, 5.41) is 8.74. The first-order valence-electron chi connectivity index (χ1n) is 8.21. The van der Waals surface area contributed by atoms with Crippen LogP contribution in [0.2, 0.25) is 5.02 Å². The molecule has 3 amide bonds. The van der Waals surface area contributed by atoms with E-state index >= 15 is 0 Å². The monoisotopic (exact) mass is 371 g/mol. The molecule has 0 aliphatic carbocycles. The Hall–Kier alpha value is -2.86. The number of nitrogens with one attached hydrogen (secondary N) is 3. The van der Waals surface area contributed by atoms with E-state index in [0.29, 0.717) is 22.0 Å². The molecule has 0 spiro atoms. The molecule has 3 N–H and O–H groups in total. The summed E-state index contributed by atoms with van der Waals surface area (Å²) in [7, 11) is 0. The first-order chi connectivity index (χ1) is 12.5. The lowest BCUT2D eigenvalue weighted by Crippen LogP contribution is -2.41. The fraction of sp³-hybridized carbons (Fsp3) is 0.211. The van der Waals surface area contributed by atoms with Crippen LogP contribution in [0, 0.1) is 6.92 Å². The van der Waals surface area contributed by atoms with Gasteiger partial charge in [-0.25, -0.2) is 0 Å². The zero-order chi connectivity index (χ0) is 18.7. The highest BCUT2D eigenvalue weighted by Crippen LogP contribution is 2.23. The summed E-state index contributed by atoms with van der Waals surface area (Å²) in [5.74, 6) is -0.927. The minimum absolute atomic E-state index is 0.0840. The second kappa shape index (κ2) is 7.58. The third-order valence-corrected chi connectivity index (χ3v) is 4.66. The number of hydrogen-bond acceptors (Lipinski definition) is 3. The predicted molar refractivity (Wildman–Crippen MR) is 100 cm³/mol. The van der Waals surface area contributed by atoms with Gasteiger partial charge in [0, 0.05) is 17.1 Å². The molecule has 1 atom stereocenters. The summed E-state index contributed by atoms with van der Waals surface area (Å²) < 4.78 is 0. The number of hydrogen-bond donors (Lipinski definition) is 3. The third kappa shape index (κ3) is 3.86. The van der Waals surface area contributed by atoms with Crippen LogP contribution in [0.25, 0.3) is 0 Å². The molecule has 6 nitrogen and oxygen atoms in total. The Morgan fingerprint density at radius 3 is 2.73 bits per heavy atom. The number of carbonyl (C=O) groups is 3. The SMILES string of the molecule is Cc1c(Cl)cccc1NC(=O)CCC1NC(=O)c2ccccc2NC1=O. The number of para-hydroxylation sites is 1. The number of fused-ring (bicyclic) bond motifs is 1. The first-order valence-corrected chi connectivity index (χ1v) is 8.59. The van der Waals surface area contributed by atoms with Gasteiger partial charge in [-0.1, -0.05) is 29.8 Å². The van der Waals surface area contributed by atoms with E-state index in [0.717, 1.165) is 5.56 Å². The number of benzene rings is 2. The van der Waals surface area contributed by atoms with Gasteiger partial charge in [-0.15, -0.1) is 0 Å². The Kier molecular flexibility index (Phi) is 5.23. The average molecular weight is 372 g/mol. The molecule has 2 aromatic rings. The van der Waals surface area contributed by atoms with Crippen molar-refractivity contribution >= 4 is 40.7 Å². The van der Waals surface area contributed by atoms with Crippen LogP contribution in [0.5, 0.6) is 0 Å². The van der Waals surface area contributed by atoms with E-state index in [9.17, 15) is 14.4 Å². The van der Waals surface area contributed by atoms with Gasteiger partial charge in [0.1, 0.15) is 6.04 Å². The van der Waals surface area contributed by atoms with Crippen LogP contribution < -0.4 is 16.0 Å². The van der Waals surface area contributed by atoms with Crippen molar-refractivity contribution in [2.24, 2.45) is 0 Å². The van der Waals surface area contributed by atoms with Crippen LogP contribution >= 0.6 is 11.6 Å². The molecule has 0 aromatic heterocycles. The zero-order valence-corrected chi connectivity index (χ0v) is 14.9. The smallest absolute Gasteiger partial charge is 0.254 e. The molecular formula is C19H18ClN3O3. The molecule has 0 saturated carbocycles. The average Bonchev–Trinajstić information content (AvgIpc) is 2.74. The number of rotatable bonds is 4. The van der Waals surface area contributed by atoms with Gasteiger partial charge in [0.25, 0.3) is 5.91 Å². The van der Waals surface area contributed by atoms with Crippen molar-refractivity contribution in [3.8, 4) is 0 Å². The van der Waals surface area contributed by atoms with Crippen LogP contribution in [0.15, 0.2) is 42.5 Å². The molecule has 0 radical (unpaired) electrons. The van der Waals surface area contributed by atoms with Crippen LogP contribution in [0.3, 0.4) is 0 Å². The molecule has 26 heavy (non-hydrogen) atoms. The minimum atomic E-state index is -0.777. The fourth-order valence-corrected chi connectivity index (χ4v) is 2.92. The number of carbonyl (C=O) groups excluding carboxylic acids is 3. The molecule has 1 aliphatic rings. The van der Waals surface area contributed by atoms with Crippen LogP contribution in [-0.4, -0.2) is 23.8 Å². The van der Waals surface area contributed by atoms with Crippen molar-refractivity contribution in [3.05, 3.63) is 58.6 Å². The van der Waals surface area contributed by atoms with Crippen molar-refractivity contribution in [1.29, 1.82) is 0 Å². The lowest BCUT2D eigenvalue weighted by molar-refractivity contribution is -0.118. The van der Waals surface area contributed by atoms with Gasteiger partial charge < -0.3 is 16.0 Å². The van der Waals surface area contributed by atoms with Crippen LogP contribution in [0.4, 0.5) is 11.4 Å². The third-order valence-electron chi connectivity index (χ3n) is 4.25. The molecule has 1 heterocycles. The molecule has 7 heteroatoms. The molecule has 3 rings (SSSR count). The molecule has 0 saturated heterocycles.